The summed E-state index contributed by atoms with van der Waals surface area (Å²) in [4.78, 5) is 21.4. The smallest absolute Gasteiger partial charge is 0.322 e. The maximum Gasteiger partial charge on any atom is 0.322 e. The normalized spacial score (nSPS) is 14.4. The zero-order valence-electron chi connectivity index (χ0n) is 15.6. The molecule has 1 aliphatic heterocycles. The average molecular weight is 365 g/mol. The second-order valence-corrected chi connectivity index (χ2v) is 6.56. The highest BCUT2D eigenvalue weighted by molar-refractivity contribution is 5.91. The van der Waals surface area contributed by atoms with E-state index in [-0.39, 0.29) is 6.03 Å². The molecule has 4 rings (SSSR count). The lowest BCUT2D eigenvalue weighted by atomic mass is 10.3. The van der Waals surface area contributed by atoms with Gasteiger partial charge in [-0.2, -0.15) is 0 Å². The summed E-state index contributed by atoms with van der Waals surface area (Å²) < 4.78 is 7.41. The number of piperazine rings is 1. The van der Waals surface area contributed by atoms with Crippen molar-refractivity contribution in [3.8, 4) is 5.75 Å². The standard InChI is InChI=1S/C20H23N5O2/c1-23-17-9-5-3-7-15(17)21-19(23)24-11-13-25(14-12-24)20(26)22-16-8-4-6-10-18(16)27-2/h3-10H,11-14H2,1-2H3,(H,22,26). The van der Waals surface area contributed by atoms with E-state index < -0.39 is 0 Å². The number of hydrogen-bond acceptors (Lipinski definition) is 4. The van der Waals surface area contributed by atoms with Gasteiger partial charge in [0.25, 0.3) is 0 Å². The number of para-hydroxylation sites is 4. The van der Waals surface area contributed by atoms with Crippen molar-refractivity contribution in [2.75, 3.05) is 43.5 Å². The Morgan fingerprint density at radius 1 is 1.04 bits per heavy atom. The first-order valence-electron chi connectivity index (χ1n) is 9.02. The van der Waals surface area contributed by atoms with Crippen LogP contribution in [0.5, 0.6) is 5.75 Å². The molecule has 0 spiro atoms. The van der Waals surface area contributed by atoms with Crippen molar-refractivity contribution in [3.05, 3.63) is 48.5 Å². The van der Waals surface area contributed by atoms with Crippen molar-refractivity contribution < 1.29 is 9.53 Å². The van der Waals surface area contributed by atoms with Gasteiger partial charge in [0.05, 0.1) is 23.8 Å². The third-order valence-electron chi connectivity index (χ3n) is 4.96. The lowest BCUT2D eigenvalue weighted by Crippen LogP contribution is -2.50. The number of ether oxygens (including phenoxy) is 1. The fourth-order valence-electron chi connectivity index (χ4n) is 3.47. The Kier molecular flexibility index (Phi) is 4.58. The van der Waals surface area contributed by atoms with Crippen LogP contribution in [-0.4, -0.2) is 53.8 Å². The van der Waals surface area contributed by atoms with E-state index in [1.165, 1.54) is 0 Å². The molecule has 1 saturated heterocycles. The lowest BCUT2D eigenvalue weighted by molar-refractivity contribution is 0.207. The summed E-state index contributed by atoms with van der Waals surface area (Å²) in [6.07, 6.45) is 0. The van der Waals surface area contributed by atoms with Crippen LogP contribution in [-0.2, 0) is 7.05 Å². The molecule has 0 radical (unpaired) electrons. The average Bonchev–Trinajstić information content (AvgIpc) is 3.05. The number of nitrogens with one attached hydrogen (secondary N) is 1. The number of rotatable bonds is 3. The molecule has 1 aromatic heterocycles. The molecule has 7 heteroatoms. The van der Waals surface area contributed by atoms with Gasteiger partial charge in [0.15, 0.2) is 0 Å². The van der Waals surface area contributed by atoms with Crippen molar-refractivity contribution in [1.29, 1.82) is 0 Å². The van der Waals surface area contributed by atoms with Gasteiger partial charge >= 0.3 is 6.03 Å². The molecule has 7 nitrogen and oxygen atoms in total. The number of imidazole rings is 1. The van der Waals surface area contributed by atoms with Crippen LogP contribution < -0.4 is 15.0 Å². The molecule has 0 unspecified atom stereocenters. The van der Waals surface area contributed by atoms with Crippen molar-refractivity contribution >= 4 is 28.7 Å². The Hall–Kier alpha value is -3.22. The Labute approximate surface area is 158 Å². The second-order valence-electron chi connectivity index (χ2n) is 6.56. The Morgan fingerprint density at radius 2 is 1.74 bits per heavy atom. The first kappa shape index (κ1) is 17.2. The van der Waals surface area contributed by atoms with E-state index in [9.17, 15) is 4.79 Å². The van der Waals surface area contributed by atoms with Crippen molar-refractivity contribution in [1.82, 2.24) is 14.5 Å². The number of anilines is 2. The van der Waals surface area contributed by atoms with E-state index >= 15 is 0 Å². The number of nitrogens with zero attached hydrogens (tertiary/aromatic N) is 4. The summed E-state index contributed by atoms with van der Waals surface area (Å²) in [7, 11) is 3.63. The summed E-state index contributed by atoms with van der Waals surface area (Å²) in [6, 6.07) is 15.4. The van der Waals surface area contributed by atoms with E-state index in [1.807, 2.05) is 54.4 Å². The summed E-state index contributed by atoms with van der Waals surface area (Å²) in [5, 5.41) is 2.94. The number of aryl methyl sites for hydroxylation is 1. The highest BCUT2D eigenvalue weighted by Crippen LogP contribution is 2.24. The molecule has 1 N–H and O–H groups in total. The summed E-state index contributed by atoms with van der Waals surface area (Å²) in [6.45, 7) is 2.78. The van der Waals surface area contributed by atoms with Gasteiger partial charge in [-0.1, -0.05) is 24.3 Å². The number of hydrogen-bond donors (Lipinski definition) is 1. The number of urea groups is 1. The van der Waals surface area contributed by atoms with Crippen molar-refractivity contribution in [2.24, 2.45) is 7.05 Å². The number of methoxy groups -OCH3 is 1. The predicted molar refractivity (Wildman–Crippen MR) is 107 cm³/mol. The fourth-order valence-corrected chi connectivity index (χ4v) is 3.47. The van der Waals surface area contributed by atoms with Gasteiger partial charge in [-0.15, -0.1) is 0 Å². The van der Waals surface area contributed by atoms with E-state index in [1.54, 1.807) is 7.11 Å². The van der Waals surface area contributed by atoms with Crippen LogP contribution in [0.2, 0.25) is 0 Å². The molecule has 27 heavy (non-hydrogen) atoms. The molecular formula is C20H23N5O2. The Bertz CT molecular complexity index is 960. The fraction of sp³-hybridized carbons (Fsp3) is 0.300. The molecule has 0 atom stereocenters. The highest BCUT2D eigenvalue weighted by Gasteiger charge is 2.24. The molecule has 0 saturated carbocycles. The van der Waals surface area contributed by atoms with Gasteiger partial charge in [-0.3, -0.25) is 0 Å². The molecule has 1 aliphatic rings. The van der Waals surface area contributed by atoms with Crippen LogP contribution in [0, 0.1) is 0 Å². The zero-order valence-corrected chi connectivity index (χ0v) is 15.6. The predicted octanol–water partition coefficient (Wildman–Crippen LogP) is 2.94. The number of benzene rings is 2. The van der Waals surface area contributed by atoms with Crippen LogP contribution in [0.4, 0.5) is 16.4 Å². The topological polar surface area (TPSA) is 62.6 Å². The summed E-state index contributed by atoms with van der Waals surface area (Å²) >= 11 is 0. The first-order chi connectivity index (χ1) is 13.2. The summed E-state index contributed by atoms with van der Waals surface area (Å²) in [5.74, 6) is 1.60. The van der Waals surface area contributed by atoms with Crippen LogP contribution in [0.25, 0.3) is 11.0 Å². The maximum absolute atomic E-state index is 12.6. The third kappa shape index (κ3) is 3.28. The minimum atomic E-state index is -0.107. The molecule has 2 amide bonds. The molecule has 0 bridgehead atoms. The molecule has 0 aliphatic carbocycles. The molecule has 140 valence electrons. The zero-order chi connectivity index (χ0) is 18.8. The van der Waals surface area contributed by atoms with Gasteiger partial charge in [-0.05, 0) is 24.3 Å². The minimum Gasteiger partial charge on any atom is -0.495 e. The van der Waals surface area contributed by atoms with Crippen LogP contribution >= 0.6 is 0 Å². The molecule has 1 fully saturated rings. The quantitative estimate of drug-likeness (QED) is 0.775. The largest absolute Gasteiger partial charge is 0.495 e. The number of fused-ring (bicyclic) bond motifs is 1. The van der Waals surface area contributed by atoms with Crippen LogP contribution in [0.1, 0.15) is 0 Å². The van der Waals surface area contributed by atoms with Crippen molar-refractivity contribution in [2.45, 2.75) is 0 Å². The van der Waals surface area contributed by atoms with Gasteiger partial charge in [-0.25, -0.2) is 9.78 Å². The van der Waals surface area contributed by atoms with Gasteiger partial charge in [0.1, 0.15) is 5.75 Å². The Morgan fingerprint density at radius 3 is 2.48 bits per heavy atom. The SMILES string of the molecule is COc1ccccc1NC(=O)N1CCN(c2nc3ccccc3n2C)CC1. The molecule has 2 heterocycles. The summed E-state index contributed by atoms with van der Waals surface area (Å²) in [5.41, 5.74) is 2.79. The first-order valence-corrected chi connectivity index (χ1v) is 9.02. The maximum atomic E-state index is 12.6. The third-order valence-corrected chi connectivity index (χ3v) is 4.96. The molecular weight excluding hydrogens is 342 g/mol. The minimum absolute atomic E-state index is 0.107. The van der Waals surface area contributed by atoms with Gasteiger partial charge in [0.2, 0.25) is 5.95 Å². The van der Waals surface area contributed by atoms with Crippen LogP contribution in [0.15, 0.2) is 48.5 Å². The lowest BCUT2D eigenvalue weighted by Gasteiger charge is -2.35. The number of aromatic nitrogens is 2. The van der Waals surface area contributed by atoms with Gasteiger partial charge in [0, 0.05) is 33.2 Å². The van der Waals surface area contributed by atoms with E-state index in [0.717, 1.165) is 30.1 Å². The molecule has 3 aromatic rings. The number of carbonyl (C=O) groups is 1. The number of carbonyl (C=O) groups excluding carboxylic acids is 1. The van der Waals surface area contributed by atoms with E-state index in [4.69, 9.17) is 9.72 Å². The second kappa shape index (κ2) is 7.19. The van der Waals surface area contributed by atoms with Gasteiger partial charge < -0.3 is 24.4 Å². The van der Waals surface area contributed by atoms with Crippen LogP contribution in [0.3, 0.4) is 0 Å². The van der Waals surface area contributed by atoms with E-state index in [2.05, 4.69) is 20.9 Å². The number of amides is 2. The molecule has 2 aromatic carbocycles. The highest BCUT2D eigenvalue weighted by atomic mass is 16.5. The van der Waals surface area contributed by atoms with Crippen molar-refractivity contribution in [3.63, 3.8) is 0 Å². The van der Waals surface area contributed by atoms with E-state index in [0.29, 0.717) is 24.5 Å². The Balaban J connectivity index is 1.42. The monoisotopic (exact) mass is 365 g/mol.